The van der Waals surface area contributed by atoms with Gasteiger partial charge in [0.05, 0.1) is 0 Å². The van der Waals surface area contributed by atoms with E-state index in [1.54, 1.807) is 0 Å². The van der Waals surface area contributed by atoms with Crippen LogP contribution in [0.2, 0.25) is 0 Å². The lowest BCUT2D eigenvalue weighted by molar-refractivity contribution is 0.168. The van der Waals surface area contributed by atoms with Gasteiger partial charge >= 0.3 is 0 Å². The molecule has 1 saturated heterocycles. The third-order valence-corrected chi connectivity index (χ3v) is 2.23. The summed E-state index contributed by atoms with van der Waals surface area (Å²) in [6.07, 6.45) is 2.20. The number of anilines is 2. The first-order valence-electron chi connectivity index (χ1n) is 4.44. The molecular formula is C7H12N6O. The maximum atomic E-state index is 9.13. The second kappa shape index (κ2) is 3.17. The molecule has 1 fully saturated rings. The number of nitrogen functional groups attached to an aromatic ring is 1. The Morgan fingerprint density at radius 2 is 1.93 bits per heavy atom. The average Bonchev–Trinajstić information content (AvgIpc) is 2.66. The Balaban J connectivity index is 2.39. The van der Waals surface area contributed by atoms with Crippen molar-refractivity contribution >= 4 is 11.9 Å². The Morgan fingerprint density at radius 1 is 1.29 bits per heavy atom. The maximum Gasteiger partial charge on any atom is 0.262 e. The van der Waals surface area contributed by atoms with Crippen molar-refractivity contribution in [3.63, 3.8) is 0 Å². The van der Waals surface area contributed by atoms with Gasteiger partial charge in [-0.05, 0) is 12.8 Å². The zero-order valence-corrected chi connectivity index (χ0v) is 7.64. The van der Waals surface area contributed by atoms with Gasteiger partial charge in [-0.2, -0.15) is 9.97 Å². The van der Waals surface area contributed by atoms with E-state index in [9.17, 15) is 0 Å². The lowest BCUT2D eigenvalue weighted by atomic mass is 10.4. The third kappa shape index (κ3) is 1.36. The Labute approximate surface area is 80.3 Å². The van der Waals surface area contributed by atoms with Crippen molar-refractivity contribution in [2.24, 2.45) is 0 Å². The number of rotatable bonds is 1. The molecule has 0 radical (unpaired) electrons. The minimum Gasteiger partial charge on any atom is -0.422 e. The van der Waals surface area contributed by atoms with Gasteiger partial charge in [0.25, 0.3) is 5.62 Å². The van der Waals surface area contributed by atoms with Crippen LogP contribution in [0.25, 0.3) is 0 Å². The standard InChI is InChI=1S/C7H12N6O/c8-5-10-7(11-6(9)13(5)14)12-3-1-2-4-12/h14H,1-4H2,(H3,8,9,10,11). The fourth-order valence-corrected chi connectivity index (χ4v) is 1.48. The third-order valence-electron chi connectivity index (χ3n) is 2.23. The number of aromatic nitrogens is 3. The summed E-state index contributed by atoms with van der Waals surface area (Å²) in [5.41, 5.74) is 5.11. The minimum absolute atomic E-state index is 0.105. The molecule has 14 heavy (non-hydrogen) atoms. The van der Waals surface area contributed by atoms with Gasteiger partial charge in [0.2, 0.25) is 11.9 Å². The van der Waals surface area contributed by atoms with Crippen LogP contribution in [0.4, 0.5) is 11.9 Å². The molecule has 1 aliphatic heterocycles. The zero-order valence-electron chi connectivity index (χ0n) is 7.64. The topological polar surface area (TPSA) is 104 Å². The maximum absolute atomic E-state index is 9.13. The summed E-state index contributed by atoms with van der Waals surface area (Å²) in [7, 11) is 0. The van der Waals surface area contributed by atoms with Crippen LogP contribution in [-0.2, 0) is 0 Å². The van der Waals surface area contributed by atoms with Gasteiger partial charge in [-0.15, -0.1) is 4.73 Å². The first-order chi connectivity index (χ1) is 6.68. The first-order valence-corrected chi connectivity index (χ1v) is 4.44. The van der Waals surface area contributed by atoms with E-state index in [1.165, 1.54) is 0 Å². The molecule has 0 spiro atoms. The smallest absolute Gasteiger partial charge is 0.262 e. The monoisotopic (exact) mass is 196 g/mol. The lowest BCUT2D eigenvalue weighted by Gasteiger charge is -2.15. The molecule has 0 amide bonds. The van der Waals surface area contributed by atoms with Crippen LogP contribution in [-0.4, -0.2) is 33.0 Å². The first kappa shape index (κ1) is 8.79. The van der Waals surface area contributed by atoms with Crippen LogP contribution in [0, 0.1) is 5.41 Å². The van der Waals surface area contributed by atoms with E-state index in [4.69, 9.17) is 16.4 Å². The van der Waals surface area contributed by atoms with Crippen molar-refractivity contribution in [2.45, 2.75) is 12.8 Å². The van der Waals surface area contributed by atoms with Crippen molar-refractivity contribution < 1.29 is 5.21 Å². The van der Waals surface area contributed by atoms with Gasteiger partial charge in [0, 0.05) is 13.1 Å². The Morgan fingerprint density at radius 3 is 2.50 bits per heavy atom. The highest BCUT2D eigenvalue weighted by Gasteiger charge is 2.16. The minimum atomic E-state index is -0.292. The highest BCUT2D eigenvalue weighted by atomic mass is 16.5. The molecule has 76 valence electrons. The normalized spacial score (nSPS) is 16.1. The average molecular weight is 196 g/mol. The fraction of sp³-hybridized carbons (Fsp3) is 0.571. The molecule has 0 aromatic carbocycles. The van der Waals surface area contributed by atoms with Gasteiger partial charge in [-0.3, -0.25) is 5.41 Å². The van der Waals surface area contributed by atoms with Crippen molar-refractivity contribution in [1.29, 1.82) is 5.41 Å². The molecule has 1 aromatic rings. The molecule has 0 aliphatic carbocycles. The molecule has 2 heterocycles. The van der Waals surface area contributed by atoms with Gasteiger partial charge in [-0.1, -0.05) is 0 Å². The van der Waals surface area contributed by atoms with Crippen molar-refractivity contribution in [1.82, 2.24) is 14.7 Å². The van der Waals surface area contributed by atoms with E-state index in [0.29, 0.717) is 10.7 Å². The number of hydrogen-bond acceptors (Lipinski definition) is 6. The summed E-state index contributed by atoms with van der Waals surface area (Å²) in [5, 5.41) is 16.5. The number of hydrogen-bond donors (Lipinski definition) is 3. The summed E-state index contributed by atoms with van der Waals surface area (Å²) >= 11 is 0. The predicted octanol–water partition coefficient (Wildman–Crippen LogP) is -0.823. The van der Waals surface area contributed by atoms with E-state index < -0.39 is 0 Å². The van der Waals surface area contributed by atoms with Crippen LogP contribution in [0.5, 0.6) is 0 Å². The van der Waals surface area contributed by atoms with Gasteiger partial charge in [0.1, 0.15) is 0 Å². The quantitative estimate of drug-likeness (QED) is 0.509. The SMILES string of the molecule is N=c1nc(N2CCCC2)nc(N)n1O. The molecular weight excluding hydrogens is 184 g/mol. The summed E-state index contributed by atoms with van der Waals surface area (Å²) in [6.45, 7) is 1.77. The van der Waals surface area contributed by atoms with Gasteiger partial charge in [-0.25, -0.2) is 0 Å². The second-order valence-corrected chi connectivity index (χ2v) is 3.21. The lowest BCUT2D eigenvalue weighted by Crippen LogP contribution is -2.30. The van der Waals surface area contributed by atoms with Crippen molar-refractivity contribution in [3.8, 4) is 0 Å². The van der Waals surface area contributed by atoms with Crippen LogP contribution >= 0.6 is 0 Å². The summed E-state index contributed by atoms with van der Waals surface area (Å²) < 4.78 is 0.458. The molecule has 4 N–H and O–H groups in total. The molecule has 0 atom stereocenters. The predicted molar refractivity (Wildman–Crippen MR) is 48.9 cm³/mol. The molecule has 7 nitrogen and oxygen atoms in total. The van der Waals surface area contributed by atoms with Crippen LogP contribution in [0.3, 0.4) is 0 Å². The molecule has 0 unspecified atom stereocenters. The molecule has 1 aliphatic rings. The largest absolute Gasteiger partial charge is 0.422 e. The fourth-order valence-electron chi connectivity index (χ4n) is 1.48. The van der Waals surface area contributed by atoms with Gasteiger partial charge in [0.15, 0.2) is 0 Å². The number of nitrogens with two attached hydrogens (primary N) is 1. The van der Waals surface area contributed by atoms with Crippen LogP contribution in [0.1, 0.15) is 12.8 Å². The van der Waals surface area contributed by atoms with E-state index >= 15 is 0 Å². The molecule has 0 bridgehead atoms. The van der Waals surface area contributed by atoms with Gasteiger partial charge < -0.3 is 15.8 Å². The highest BCUT2D eigenvalue weighted by molar-refractivity contribution is 5.34. The molecule has 0 saturated carbocycles. The number of nitrogens with zero attached hydrogens (tertiary/aromatic N) is 4. The zero-order chi connectivity index (χ0) is 10.1. The Bertz CT molecular complexity index is 394. The summed E-state index contributed by atoms with van der Waals surface area (Å²) in [6, 6.07) is 0. The van der Waals surface area contributed by atoms with Crippen molar-refractivity contribution in [2.75, 3.05) is 23.7 Å². The summed E-state index contributed by atoms with van der Waals surface area (Å²) in [5.74, 6) is 0.321. The Hall–Kier alpha value is -1.79. The van der Waals surface area contributed by atoms with E-state index in [1.807, 2.05) is 4.90 Å². The number of nitrogens with one attached hydrogen (secondary N) is 1. The molecule has 2 rings (SSSR count). The molecule has 1 aromatic heterocycles. The second-order valence-electron chi connectivity index (χ2n) is 3.21. The van der Waals surface area contributed by atoms with E-state index in [-0.39, 0.29) is 11.6 Å². The Kier molecular flexibility index (Phi) is 1.99. The summed E-state index contributed by atoms with van der Waals surface area (Å²) in [4.78, 5) is 9.68. The van der Waals surface area contributed by atoms with E-state index in [2.05, 4.69) is 9.97 Å². The van der Waals surface area contributed by atoms with Crippen molar-refractivity contribution in [3.05, 3.63) is 5.62 Å². The highest BCUT2D eigenvalue weighted by Crippen LogP contribution is 2.14. The van der Waals surface area contributed by atoms with E-state index in [0.717, 1.165) is 25.9 Å². The van der Waals surface area contributed by atoms with Crippen LogP contribution < -0.4 is 16.3 Å². The van der Waals surface area contributed by atoms with Crippen LogP contribution in [0.15, 0.2) is 0 Å². The molecule has 7 heteroatoms.